The van der Waals surface area contributed by atoms with E-state index in [4.69, 9.17) is 27.9 Å². The first kappa shape index (κ1) is 27.3. The molecule has 0 unspecified atom stereocenters. The Morgan fingerprint density at radius 2 is 1.74 bits per heavy atom. The number of hydrogen-bond donors (Lipinski definition) is 3. The molecule has 0 aliphatic heterocycles. The molecular formula is C26H21Cl2N3O6S. The van der Waals surface area contributed by atoms with Gasteiger partial charge in [-0.15, -0.1) is 10.2 Å². The molecule has 0 fully saturated rings. The van der Waals surface area contributed by atoms with Gasteiger partial charge in [0.25, 0.3) is 16.0 Å². The van der Waals surface area contributed by atoms with Crippen molar-refractivity contribution in [3.8, 4) is 11.5 Å². The largest absolute Gasteiger partial charge is 0.505 e. The molecule has 1 amide bonds. The van der Waals surface area contributed by atoms with Crippen LogP contribution in [0.3, 0.4) is 0 Å². The number of benzene rings is 4. The Balaban J connectivity index is 1.84. The molecule has 0 aromatic heterocycles. The van der Waals surface area contributed by atoms with Gasteiger partial charge in [0.1, 0.15) is 22.0 Å². The lowest BCUT2D eigenvalue weighted by molar-refractivity contribution is 0.102. The van der Waals surface area contributed by atoms with E-state index in [1.54, 1.807) is 49.4 Å². The molecule has 196 valence electrons. The van der Waals surface area contributed by atoms with E-state index in [1.165, 1.54) is 19.1 Å². The SMILES string of the molecule is CCOc1cc(Cl)ccc1NC(=O)c1cc2ccccc2c(N=Nc2c(S(=O)(=O)O)ccc(Cl)c2C)c1O. The molecular weight excluding hydrogens is 553 g/mol. The Bertz CT molecular complexity index is 1710. The van der Waals surface area contributed by atoms with Gasteiger partial charge in [0.15, 0.2) is 5.75 Å². The predicted octanol–water partition coefficient (Wildman–Crippen LogP) is 7.47. The number of rotatable bonds is 7. The van der Waals surface area contributed by atoms with E-state index < -0.39 is 26.7 Å². The quantitative estimate of drug-likeness (QED) is 0.155. The molecule has 0 saturated carbocycles. The van der Waals surface area contributed by atoms with E-state index in [-0.39, 0.29) is 27.5 Å². The van der Waals surface area contributed by atoms with Gasteiger partial charge >= 0.3 is 0 Å². The van der Waals surface area contributed by atoms with Crippen molar-refractivity contribution in [2.45, 2.75) is 18.7 Å². The topological polar surface area (TPSA) is 138 Å². The zero-order valence-electron chi connectivity index (χ0n) is 20.1. The highest BCUT2D eigenvalue weighted by Gasteiger charge is 2.22. The second-order valence-corrected chi connectivity index (χ2v) is 10.3. The number of halogens is 2. The highest BCUT2D eigenvalue weighted by atomic mass is 35.5. The standard InChI is InChI=1S/C26H21Cl2N3O6S/c1-3-37-21-13-16(27)8-10-20(21)29-26(33)18-12-15-6-4-5-7-17(15)24(25(18)32)31-30-23-14(2)19(28)9-11-22(23)38(34,35)36/h4-13,32H,3H2,1-2H3,(H,29,33)(H,34,35,36). The molecule has 4 aromatic rings. The maximum atomic E-state index is 13.3. The van der Waals surface area contributed by atoms with E-state index in [0.29, 0.717) is 33.8 Å². The monoisotopic (exact) mass is 573 g/mol. The summed E-state index contributed by atoms with van der Waals surface area (Å²) in [5, 5.41) is 23.6. The van der Waals surface area contributed by atoms with E-state index >= 15 is 0 Å². The zero-order valence-corrected chi connectivity index (χ0v) is 22.4. The maximum absolute atomic E-state index is 13.3. The van der Waals surface area contributed by atoms with Crippen molar-refractivity contribution in [3.05, 3.63) is 81.8 Å². The average Bonchev–Trinajstić information content (AvgIpc) is 2.86. The number of nitrogens with one attached hydrogen (secondary N) is 1. The summed E-state index contributed by atoms with van der Waals surface area (Å²) in [6.45, 7) is 3.63. The first-order chi connectivity index (χ1) is 18.0. The molecule has 0 heterocycles. The number of carbonyl (C=O) groups is 1. The molecule has 3 N–H and O–H groups in total. The molecule has 0 atom stereocenters. The number of amides is 1. The number of phenolic OH excluding ortho intramolecular Hbond substituents is 1. The fourth-order valence-corrected chi connectivity index (χ4v) is 4.73. The first-order valence-electron chi connectivity index (χ1n) is 11.2. The van der Waals surface area contributed by atoms with Crippen LogP contribution >= 0.6 is 23.2 Å². The molecule has 12 heteroatoms. The number of ether oxygens (including phenoxy) is 1. The Morgan fingerprint density at radius 1 is 1.03 bits per heavy atom. The van der Waals surface area contributed by atoms with Gasteiger partial charge in [0.05, 0.1) is 17.9 Å². The van der Waals surface area contributed by atoms with Crippen molar-refractivity contribution in [1.82, 2.24) is 0 Å². The molecule has 0 bridgehead atoms. The molecule has 4 aromatic carbocycles. The predicted molar refractivity (Wildman–Crippen MR) is 146 cm³/mol. The van der Waals surface area contributed by atoms with Crippen LogP contribution in [0.15, 0.2) is 75.8 Å². The fraction of sp³-hybridized carbons (Fsp3) is 0.115. The summed E-state index contributed by atoms with van der Waals surface area (Å²) in [6.07, 6.45) is 0. The number of carbonyl (C=O) groups excluding carboxylic acids is 1. The Hall–Kier alpha value is -3.70. The third-order valence-electron chi connectivity index (χ3n) is 5.59. The second kappa shape index (κ2) is 11.0. The van der Waals surface area contributed by atoms with Crippen molar-refractivity contribution in [3.63, 3.8) is 0 Å². The van der Waals surface area contributed by atoms with Gasteiger partial charge in [0, 0.05) is 21.5 Å². The maximum Gasteiger partial charge on any atom is 0.296 e. The van der Waals surface area contributed by atoms with Gasteiger partial charge < -0.3 is 15.2 Å². The van der Waals surface area contributed by atoms with Crippen LogP contribution in [0.4, 0.5) is 17.1 Å². The van der Waals surface area contributed by atoms with Gasteiger partial charge in [-0.05, 0) is 55.1 Å². The summed E-state index contributed by atoms with van der Waals surface area (Å²) >= 11 is 12.2. The van der Waals surface area contributed by atoms with Gasteiger partial charge in [-0.1, -0.05) is 47.5 Å². The normalized spacial score (nSPS) is 11.7. The first-order valence-corrected chi connectivity index (χ1v) is 13.4. The number of hydrogen-bond acceptors (Lipinski definition) is 7. The molecule has 0 spiro atoms. The van der Waals surface area contributed by atoms with Crippen molar-refractivity contribution >= 4 is 67.1 Å². The van der Waals surface area contributed by atoms with Crippen LogP contribution in [0, 0.1) is 6.92 Å². The van der Waals surface area contributed by atoms with Crippen LogP contribution in [0.1, 0.15) is 22.8 Å². The van der Waals surface area contributed by atoms with Gasteiger partial charge in [-0.2, -0.15) is 8.42 Å². The van der Waals surface area contributed by atoms with E-state index in [2.05, 4.69) is 15.5 Å². The number of nitrogens with zero attached hydrogens (tertiary/aromatic N) is 2. The van der Waals surface area contributed by atoms with Gasteiger partial charge in [0.2, 0.25) is 0 Å². The fourth-order valence-electron chi connectivity index (χ4n) is 3.74. The molecule has 38 heavy (non-hydrogen) atoms. The van der Waals surface area contributed by atoms with E-state index in [0.717, 1.165) is 6.07 Å². The smallest absolute Gasteiger partial charge is 0.296 e. The minimum Gasteiger partial charge on any atom is -0.505 e. The Morgan fingerprint density at radius 3 is 2.45 bits per heavy atom. The minimum absolute atomic E-state index is 0.0879. The summed E-state index contributed by atoms with van der Waals surface area (Å²) in [4.78, 5) is 12.8. The lowest BCUT2D eigenvalue weighted by Gasteiger charge is -2.14. The molecule has 4 rings (SSSR count). The van der Waals surface area contributed by atoms with Crippen LogP contribution < -0.4 is 10.1 Å². The minimum atomic E-state index is -4.66. The Kier molecular flexibility index (Phi) is 7.89. The summed E-state index contributed by atoms with van der Waals surface area (Å²) in [6, 6.07) is 15.4. The second-order valence-electron chi connectivity index (χ2n) is 8.06. The summed E-state index contributed by atoms with van der Waals surface area (Å²) < 4.78 is 39.0. The number of phenols is 1. The van der Waals surface area contributed by atoms with Crippen LogP contribution in [-0.2, 0) is 10.1 Å². The third-order valence-corrected chi connectivity index (χ3v) is 7.12. The number of anilines is 1. The van der Waals surface area contributed by atoms with Crippen LogP contribution in [-0.4, -0.2) is 30.6 Å². The van der Waals surface area contributed by atoms with E-state index in [1.807, 2.05) is 0 Å². The summed E-state index contributed by atoms with van der Waals surface area (Å²) in [7, 11) is -4.66. The van der Waals surface area contributed by atoms with Crippen molar-refractivity contribution in [1.29, 1.82) is 0 Å². The van der Waals surface area contributed by atoms with Crippen molar-refractivity contribution < 1.29 is 27.6 Å². The highest BCUT2D eigenvalue weighted by Crippen LogP contribution is 2.41. The zero-order chi connectivity index (χ0) is 27.6. The number of azo groups is 1. The summed E-state index contributed by atoms with van der Waals surface area (Å²) in [5.74, 6) is -0.807. The van der Waals surface area contributed by atoms with Gasteiger partial charge in [-0.3, -0.25) is 9.35 Å². The van der Waals surface area contributed by atoms with Crippen molar-refractivity contribution in [2.24, 2.45) is 10.2 Å². The number of aromatic hydroxyl groups is 1. The molecule has 0 aliphatic carbocycles. The lowest BCUT2D eigenvalue weighted by Crippen LogP contribution is -2.13. The van der Waals surface area contributed by atoms with Crippen LogP contribution in [0.2, 0.25) is 10.0 Å². The lowest BCUT2D eigenvalue weighted by atomic mass is 10.0. The molecule has 0 aliphatic rings. The van der Waals surface area contributed by atoms with Crippen LogP contribution in [0.25, 0.3) is 10.8 Å². The average molecular weight is 574 g/mol. The van der Waals surface area contributed by atoms with E-state index in [9.17, 15) is 22.9 Å². The third kappa shape index (κ3) is 5.58. The van der Waals surface area contributed by atoms with Crippen molar-refractivity contribution in [2.75, 3.05) is 11.9 Å². The molecule has 0 saturated heterocycles. The highest BCUT2D eigenvalue weighted by molar-refractivity contribution is 7.86. The molecule has 0 radical (unpaired) electrons. The van der Waals surface area contributed by atoms with Gasteiger partial charge in [-0.25, -0.2) is 0 Å². The number of fused-ring (bicyclic) bond motifs is 1. The Labute approximate surface area is 228 Å². The van der Waals surface area contributed by atoms with Crippen LogP contribution in [0.5, 0.6) is 11.5 Å². The summed E-state index contributed by atoms with van der Waals surface area (Å²) in [5.41, 5.74) is 0.169. The molecule has 9 nitrogen and oxygen atoms in total.